The molecule has 2 aliphatic rings. The number of amides is 3. The maximum absolute atomic E-state index is 12.8. The van der Waals surface area contributed by atoms with Crippen molar-refractivity contribution in [2.75, 3.05) is 11.9 Å². The molecule has 174 valence electrons. The van der Waals surface area contributed by atoms with E-state index in [-0.39, 0.29) is 29.2 Å². The fourth-order valence-electron chi connectivity index (χ4n) is 4.65. The number of nitrogens with one attached hydrogen (secondary N) is 3. The molecule has 0 unspecified atom stereocenters. The maximum Gasteiger partial charge on any atom is 0.404 e. The highest BCUT2D eigenvalue weighted by Gasteiger charge is 2.32. The van der Waals surface area contributed by atoms with E-state index >= 15 is 0 Å². The van der Waals surface area contributed by atoms with Gasteiger partial charge in [-0.2, -0.15) is 0 Å². The first kappa shape index (κ1) is 23.0. The molecule has 4 rings (SSSR count). The molecule has 8 nitrogen and oxygen atoms in total. The Bertz CT molecular complexity index is 1120. The van der Waals surface area contributed by atoms with E-state index in [2.05, 4.69) is 34.8 Å². The van der Waals surface area contributed by atoms with Crippen molar-refractivity contribution in [3.05, 3.63) is 46.6 Å². The number of benzene rings is 1. The maximum atomic E-state index is 12.8. The van der Waals surface area contributed by atoms with Crippen LogP contribution in [0, 0.1) is 5.92 Å². The summed E-state index contributed by atoms with van der Waals surface area (Å²) in [5.74, 6) is -0.189. The molecular formula is C24H27ClN4O4. The molecule has 4 N–H and O–H groups in total. The van der Waals surface area contributed by atoms with E-state index in [1.807, 2.05) is 12.1 Å². The van der Waals surface area contributed by atoms with Crippen LogP contribution in [0.5, 0.6) is 0 Å². The molecular weight excluding hydrogens is 444 g/mol. The van der Waals surface area contributed by atoms with Gasteiger partial charge in [-0.3, -0.25) is 9.59 Å². The van der Waals surface area contributed by atoms with Gasteiger partial charge < -0.3 is 21.1 Å². The van der Waals surface area contributed by atoms with Gasteiger partial charge in [0.2, 0.25) is 5.91 Å². The number of anilines is 1. The smallest absolute Gasteiger partial charge is 0.404 e. The van der Waals surface area contributed by atoms with Gasteiger partial charge in [-0.25, -0.2) is 9.78 Å². The molecule has 9 heteroatoms. The molecule has 2 heterocycles. The number of carbonyl (C=O) groups is 3. The average Bonchev–Trinajstić information content (AvgIpc) is 2.77. The second-order valence-electron chi connectivity index (χ2n) is 9.38. The number of aromatic nitrogens is 1. The lowest BCUT2D eigenvalue weighted by Crippen LogP contribution is -2.43. The summed E-state index contributed by atoms with van der Waals surface area (Å²) in [5.41, 5.74) is 2.91. The number of carboxylic acid groups (broad SMARTS) is 1. The van der Waals surface area contributed by atoms with Crippen molar-refractivity contribution in [2.45, 2.75) is 51.0 Å². The summed E-state index contributed by atoms with van der Waals surface area (Å²) in [4.78, 5) is 40.3. The molecule has 1 aromatic heterocycles. The highest BCUT2D eigenvalue weighted by atomic mass is 35.5. The van der Waals surface area contributed by atoms with Crippen LogP contribution in [0.4, 0.5) is 10.6 Å². The molecule has 33 heavy (non-hydrogen) atoms. The number of rotatable bonds is 4. The second-order valence-corrected chi connectivity index (χ2v) is 9.78. The van der Waals surface area contributed by atoms with Crippen molar-refractivity contribution in [3.63, 3.8) is 0 Å². The molecule has 1 aliphatic heterocycles. The SMILES string of the molecule is CC1(C)CNC(=O)c2ccc(-c3cc(NC(=O)[C@H]4CCC[C@@H](NC(=O)O)C4)ncc3Cl)cc21. The Hall–Kier alpha value is -3.13. The van der Waals surface area contributed by atoms with E-state index in [0.29, 0.717) is 41.4 Å². The van der Waals surface area contributed by atoms with Crippen molar-refractivity contribution in [3.8, 4) is 11.1 Å². The van der Waals surface area contributed by atoms with Crippen LogP contribution in [0.3, 0.4) is 0 Å². The standard InChI is InChI=1S/C24H27ClN4O4/c1-24(2)12-27-22(31)16-7-6-13(9-18(16)24)17-10-20(26-11-19(17)25)29-21(30)14-4-3-5-15(8-14)28-23(32)33/h6-7,9-11,14-15,28H,3-5,8,12H2,1-2H3,(H,27,31)(H,32,33)(H,26,29,30)/t14-,15+/m0/s1. The lowest BCUT2D eigenvalue weighted by atomic mass is 9.78. The Kier molecular flexibility index (Phi) is 6.30. The summed E-state index contributed by atoms with van der Waals surface area (Å²) in [6.45, 7) is 4.70. The van der Waals surface area contributed by atoms with E-state index in [9.17, 15) is 14.4 Å². The Morgan fingerprint density at radius 2 is 2.00 bits per heavy atom. The molecule has 1 fully saturated rings. The number of hydrogen-bond acceptors (Lipinski definition) is 4. The van der Waals surface area contributed by atoms with Crippen molar-refractivity contribution in [2.24, 2.45) is 5.92 Å². The largest absolute Gasteiger partial charge is 0.465 e. The molecule has 1 saturated carbocycles. The van der Waals surface area contributed by atoms with Gasteiger partial charge in [0.05, 0.1) is 5.02 Å². The zero-order chi connectivity index (χ0) is 23.8. The zero-order valence-corrected chi connectivity index (χ0v) is 19.3. The van der Waals surface area contributed by atoms with E-state index < -0.39 is 6.09 Å². The average molecular weight is 471 g/mol. The number of nitrogens with zero attached hydrogens (tertiary/aromatic N) is 1. The summed E-state index contributed by atoms with van der Waals surface area (Å²) in [7, 11) is 0. The van der Waals surface area contributed by atoms with Gasteiger partial charge in [0.1, 0.15) is 5.82 Å². The van der Waals surface area contributed by atoms with Crippen molar-refractivity contribution >= 4 is 35.3 Å². The molecule has 0 spiro atoms. The molecule has 2 aromatic rings. The third-order valence-corrected chi connectivity index (χ3v) is 6.78. The van der Waals surface area contributed by atoms with Crippen molar-refractivity contribution < 1.29 is 19.5 Å². The Balaban J connectivity index is 1.56. The van der Waals surface area contributed by atoms with Crippen LogP contribution in [-0.4, -0.2) is 40.6 Å². The third-order valence-electron chi connectivity index (χ3n) is 6.47. The monoisotopic (exact) mass is 470 g/mol. The van der Waals surface area contributed by atoms with Crippen LogP contribution in [0.1, 0.15) is 55.5 Å². The van der Waals surface area contributed by atoms with Gasteiger partial charge in [-0.1, -0.05) is 37.9 Å². The number of fused-ring (bicyclic) bond motifs is 1. The van der Waals surface area contributed by atoms with Crippen LogP contribution in [0.2, 0.25) is 5.02 Å². The molecule has 2 atom stereocenters. The first-order valence-electron chi connectivity index (χ1n) is 11.0. The summed E-state index contributed by atoms with van der Waals surface area (Å²) < 4.78 is 0. The first-order chi connectivity index (χ1) is 15.6. The summed E-state index contributed by atoms with van der Waals surface area (Å²) in [5, 5.41) is 17.6. The highest BCUT2D eigenvalue weighted by molar-refractivity contribution is 6.33. The fourth-order valence-corrected chi connectivity index (χ4v) is 4.86. The summed E-state index contributed by atoms with van der Waals surface area (Å²) >= 11 is 6.45. The Morgan fingerprint density at radius 3 is 2.76 bits per heavy atom. The van der Waals surface area contributed by atoms with Gasteiger partial charge >= 0.3 is 6.09 Å². The van der Waals surface area contributed by atoms with E-state index in [1.165, 1.54) is 6.20 Å². The number of pyridine rings is 1. The predicted molar refractivity (Wildman–Crippen MR) is 126 cm³/mol. The Labute approximate surface area is 197 Å². The van der Waals surface area contributed by atoms with E-state index in [0.717, 1.165) is 24.0 Å². The fraction of sp³-hybridized carbons (Fsp3) is 0.417. The first-order valence-corrected chi connectivity index (χ1v) is 11.4. The van der Waals surface area contributed by atoms with E-state index in [1.54, 1.807) is 12.1 Å². The summed E-state index contributed by atoms with van der Waals surface area (Å²) in [6.07, 6.45) is 3.09. The lowest BCUT2D eigenvalue weighted by Gasteiger charge is -2.33. The lowest BCUT2D eigenvalue weighted by molar-refractivity contribution is -0.121. The van der Waals surface area contributed by atoms with Gasteiger partial charge in [-0.15, -0.1) is 0 Å². The predicted octanol–water partition coefficient (Wildman–Crippen LogP) is 4.19. The normalized spacial score (nSPS) is 21.5. The van der Waals surface area contributed by atoms with Crippen LogP contribution in [-0.2, 0) is 10.2 Å². The van der Waals surface area contributed by atoms with Crippen LogP contribution >= 0.6 is 11.6 Å². The minimum Gasteiger partial charge on any atom is -0.465 e. The van der Waals surface area contributed by atoms with E-state index in [4.69, 9.17) is 16.7 Å². The number of halogens is 1. The van der Waals surface area contributed by atoms with Crippen LogP contribution in [0.25, 0.3) is 11.1 Å². The highest BCUT2D eigenvalue weighted by Crippen LogP contribution is 2.36. The molecule has 1 aromatic carbocycles. The Morgan fingerprint density at radius 1 is 1.21 bits per heavy atom. The van der Waals surface area contributed by atoms with Gasteiger partial charge in [0.15, 0.2) is 0 Å². The van der Waals surface area contributed by atoms with Crippen LogP contribution < -0.4 is 16.0 Å². The molecule has 0 radical (unpaired) electrons. The van der Waals surface area contributed by atoms with Gasteiger partial charge in [0.25, 0.3) is 5.91 Å². The number of carbonyl (C=O) groups excluding carboxylic acids is 2. The third kappa shape index (κ3) is 4.95. The van der Waals surface area contributed by atoms with Crippen molar-refractivity contribution in [1.82, 2.24) is 15.6 Å². The van der Waals surface area contributed by atoms with Gasteiger partial charge in [0, 0.05) is 41.2 Å². The second kappa shape index (κ2) is 9.02. The quantitative estimate of drug-likeness (QED) is 0.534. The topological polar surface area (TPSA) is 120 Å². The van der Waals surface area contributed by atoms with Gasteiger partial charge in [-0.05, 0) is 48.6 Å². The molecule has 0 saturated heterocycles. The number of hydrogen-bond donors (Lipinski definition) is 4. The molecule has 1 aliphatic carbocycles. The van der Waals surface area contributed by atoms with Crippen molar-refractivity contribution in [1.29, 1.82) is 0 Å². The minimum atomic E-state index is -1.07. The zero-order valence-electron chi connectivity index (χ0n) is 18.6. The minimum absolute atomic E-state index is 0.0900. The van der Waals surface area contributed by atoms with Crippen LogP contribution in [0.15, 0.2) is 30.5 Å². The summed E-state index contributed by atoms with van der Waals surface area (Å²) in [6, 6.07) is 7.12. The molecule has 3 amide bonds. The molecule has 0 bridgehead atoms.